The van der Waals surface area contributed by atoms with Crippen molar-refractivity contribution in [3.8, 4) is 5.75 Å². The van der Waals surface area contributed by atoms with Crippen LogP contribution in [0.4, 0.5) is 5.69 Å². The van der Waals surface area contributed by atoms with E-state index in [4.69, 9.17) is 4.74 Å². The quantitative estimate of drug-likeness (QED) is 0.868. The summed E-state index contributed by atoms with van der Waals surface area (Å²) < 4.78 is 5.29. The van der Waals surface area contributed by atoms with Gasteiger partial charge < -0.3 is 20.3 Å². The Morgan fingerprint density at radius 2 is 2.29 bits per heavy atom. The lowest BCUT2D eigenvalue weighted by Gasteiger charge is -2.36. The van der Waals surface area contributed by atoms with Gasteiger partial charge in [0.15, 0.2) is 0 Å². The van der Waals surface area contributed by atoms with Gasteiger partial charge in [0.1, 0.15) is 5.75 Å². The van der Waals surface area contributed by atoms with Crippen LogP contribution in [-0.4, -0.2) is 45.2 Å². The third-order valence-electron chi connectivity index (χ3n) is 4.34. The van der Waals surface area contributed by atoms with E-state index < -0.39 is 0 Å². The third kappa shape index (κ3) is 3.29. The Morgan fingerprint density at radius 3 is 3.00 bits per heavy atom. The molecule has 2 aliphatic rings. The summed E-state index contributed by atoms with van der Waals surface area (Å²) in [5.41, 5.74) is 1.17. The van der Waals surface area contributed by atoms with Gasteiger partial charge in [0, 0.05) is 44.0 Å². The second-order valence-corrected chi connectivity index (χ2v) is 5.85. The third-order valence-corrected chi connectivity index (χ3v) is 4.34. The van der Waals surface area contributed by atoms with Crippen molar-refractivity contribution in [1.29, 1.82) is 0 Å². The number of anilines is 1. The Kier molecular flexibility index (Phi) is 4.29. The molecule has 2 aliphatic heterocycles. The molecule has 0 radical (unpaired) electrons. The summed E-state index contributed by atoms with van der Waals surface area (Å²) in [6.07, 6.45) is 2.16. The summed E-state index contributed by atoms with van der Waals surface area (Å²) >= 11 is 0. The van der Waals surface area contributed by atoms with Gasteiger partial charge in [-0.15, -0.1) is 0 Å². The van der Waals surface area contributed by atoms with Crippen LogP contribution in [0.2, 0.25) is 0 Å². The lowest BCUT2D eigenvalue weighted by atomic mass is 10.00. The van der Waals surface area contributed by atoms with E-state index in [0.717, 1.165) is 44.8 Å². The molecule has 114 valence electrons. The number of rotatable bonds is 4. The first-order chi connectivity index (χ1) is 10.3. The smallest absolute Gasteiger partial charge is 0.225 e. The summed E-state index contributed by atoms with van der Waals surface area (Å²) in [6, 6.07) is 8.37. The molecule has 0 saturated carbocycles. The fraction of sp³-hybridized carbons (Fsp3) is 0.562. The largest absolute Gasteiger partial charge is 0.497 e. The summed E-state index contributed by atoms with van der Waals surface area (Å²) in [5.74, 6) is 1.24. The van der Waals surface area contributed by atoms with Crippen molar-refractivity contribution < 1.29 is 9.53 Å². The summed E-state index contributed by atoms with van der Waals surface area (Å²) in [7, 11) is 1.69. The normalized spacial score (nSPS) is 22.5. The minimum Gasteiger partial charge on any atom is -0.497 e. The highest BCUT2D eigenvalue weighted by Gasteiger charge is 2.28. The highest BCUT2D eigenvalue weighted by molar-refractivity contribution is 5.80. The number of hydrogen-bond acceptors (Lipinski definition) is 4. The molecule has 0 aromatic heterocycles. The molecule has 1 aromatic carbocycles. The standard InChI is InChI=1S/C16H23N3O2/c1-21-15-6-2-5-14(8-15)19-7-3-4-13(11-19)18-16(20)12-9-17-10-12/h2,5-6,8,12-13,17H,3-4,7,9-11H2,1H3,(H,18,20). The molecule has 1 unspecified atom stereocenters. The number of piperidine rings is 1. The molecular formula is C16H23N3O2. The molecule has 1 aromatic rings. The number of amides is 1. The fourth-order valence-corrected chi connectivity index (χ4v) is 2.93. The molecule has 5 nitrogen and oxygen atoms in total. The number of nitrogens with zero attached hydrogens (tertiary/aromatic N) is 1. The lowest BCUT2D eigenvalue weighted by Crippen LogP contribution is -2.55. The molecule has 2 heterocycles. The first kappa shape index (κ1) is 14.2. The van der Waals surface area contributed by atoms with E-state index in [1.165, 1.54) is 5.69 Å². The van der Waals surface area contributed by atoms with Gasteiger partial charge in [-0.25, -0.2) is 0 Å². The molecule has 0 spiro atoms. The van der Waals surface area contributed by atoms with E-state index in [2.05, 4.69) is 27.7 Å². The van der Waals surface area contributed by atoms with Gasteiger partial charge in [0.05, 0.1) is 13.0 Å². The van der Waals surface area contributed by atoms with E-state index in [0.29, 0.717) is 0 Å². The average Bonchev–Trinajstić information content (AvgIpc) is 2.45. The molecular weight excluding hydrogens is 266 g/mol. The van der Waals surface area contributed by atoms with E-state index in [1.54, 1.807) is 7.11 Å². The second-order valence-electron chi connectivity index (χ2n) is 5.85. The number of methoxy groups -OCH3 is 1. The topological polar surface area (TPSA) is 53.6 Å². The Labute approximate surface area is 125 Å². The van der Waals surface area contributed by atoms with Gasteiger partial charge in [-0.1, -0.05) is 6.07 Å². The summed E-state index contributed by atoms with van der Waals surface area (Å²) in [4.78, 5) is 14.4. The van der Waals surface area contributed by atoms with Crippen molar-refractivity contribution in [1.82, 2.24) is 10.6 Å². The van der Waals surface area contributed by atoms with Gasteiger partial charge in [-0.3, -0.25) is 4.79 Å². The monoisotopic (exact) mass is 289 g/mol. The molecule has 3 rings (SSSR count). The van der Waals surface area contributed by atoms with Crippen molar-refractivity contribution in [3.05, 3.63) is 24.3 Å². The minimum absolute atomic E-state index is 0.164. The van der Waals surface area contributed by atoms with Crippen LogP contribution in [0.15, 0.2) is 24.3 Å². The van der Waals surface area contributed by atoms with Gasteiger partial charge >= 0.3 is 0 Å². The predicted octanol–water partition coefficient (Wildman–Crippen LogP) is 1.000. The molecule has 1 atom stereocenters. The Hall–Kier alpha value is -1.75. The van der Waals surface area contributed by atoms with Crippen LogP contribution >= 0.6 is 0 Å². The van der Waals surface area contributed by atoms with Crippen LogP contribution in [0.3, 0.4) is 0 Å². The molecule has 21 heavy (non-hydrogen) atoms. The number of ether oxygens (including phenoxy) is 1. The maximum atomic E-state index is 12.0. The van der Waals surface area contributed by atoms with Crippen LogP contribution < -0.4 is 20.3 Å². The highest BCUT2D eigenvalue weighted by atomic mass is 16.5. The number of nitrogens with one attached hydrogen (secondary N) is 2. The number of carbonyl (C=O) groups excluding carboxylic acids is 1. The van der Waals surface area contributed by atoms with Crippen LogP contribution in [0.5, 0.6) is 5.75 Å². The molecule has 0 bridgehead atoms. The molecule has 2 saturated heterocycles. The van der Waals surface area contributed by atoms with Crippen molar-refractivity contribution in [2.24, 2.45) is 5.92 Å². The summed E-state index contributed by atoms with van der Waals surface area (Å²) in [5, 5.41) is 6.34. The molecule has 0 aliphatic carbocycles. The highest BCUT2D eigenvalue weighted by Crippen LogP contribution is 2.24. The number of hydrogen-bond donors (Lipinski definition) is 2. The number of carbonyl (C=O) groups is 1. The van der Waals surface area contributed by atoms with E-state index in [-0.39, 0.29) is 17.9 Å². The molecule has 1 amide bonds. The maximum Gasteiger partial charge on any atom is 0.225 e. The van der Waals surface area contributed by atoms with E-state index >= 15 is 0 Å². The van der Waals surface area contributed by atoms with Crippen LogP contribution in [0.25, 0.3) is 0 Å². The molecule has 2 fully saturated rings. The minimum atomic E-state index is 0.164. The first-order valence-corrected chi connectivity index (χ1v) is 7.66. The Balaban J connectivity index is 1.60. The van der Waals surface area contributed by atoms with Crippen molar-refractivity contribution in [2.75, 3.05) is 38.2 Å². The zero-order valence-electron chi connectivity index (χ0n) is 12.5. The van der Waals surface area contributed by atoms with E-state index in [9.17, 15) is 4.79 Å². The van der Waals surface area contributed by atoms with Gasteiger partial charge in [-0.05, 0) is 25.0 Å². The lowest BCUT2D eigenvalue weighted by molar-refractivity contribution is -0.127. The van der Waals surface area contributed by atoms with Crippen molar-refractivity contribution in [2.45, 2.75) is 18.9 Å². The van der Waals surface area contributed by atoms with Gasteiger partial charge in [0.2, 0.25) is 5.91 Å². The van der Waals surface area contributed by atoms with Crippen LogP contribution in [0, 0.1) is 5.92 Å². The van der Waals surface area contributed by atoms with Crippen LogP contribution in [0.1, 0.15) is 12.8 Å². The number of benzene rings is 1. The van der Waals surface area contributed by atoms with Crippen LogP contribution in [-0.2, 0) is 4.79 Å². The average molecular weight is 289 g/mol. The van der Waals surface area contributed by atoms with E-state index in [1.807, 2.05) is 12.1 Å². The zero-order chi connectivity index (χ0) is 14.7. The summed E-state index contributed by atoms with van der Waals surface area (Å²) in [6.45, 7) is 3.54. The first-order valence-electron chi connectivity index (χ1n) is 7.66. The Morgan fingerprint density at radius 1 is 1.43 bits per heavy atom. The SMILES string of the molecule is COc1cccc(N2CCCC(NC(=O)C3CNC3)C2)c1. The second kappa shape index (κ2) is 6.35. The molecule has 5 heteroatoms. The molecule has 2 N–H and O–H groups in total. The maximum absolute atomic E-state index is 12.0. The zero-order valence-corrected chi connectivity index (χ0v) is 12.5. The van der Waals surface area contributed by atoms with Gasteiger partial charge in [0.25, 0.3) is 0 Å². The van der Waals surface area contributed by atoms with Crippen molar-refractivity contribution in [3.63, 3.8) is 0 Å². The van der Waals surface area contributed by atoms with Crippen molar-refractivity contribution >= 4 is 11.6 Å². The predicted molar refractivity (Wildman–Crippen MR) is 82.7 cm³/mol. The van der Waals surface area contributed by atoms with Gasteiger partial charge in [-0.2, -0.15) is 0 Å². The fourth-order valence-electron chi connectivity index (χ4n) is 2.93. The Bertz CT molecular complexity index is 502.